The van der Waals surface area contributed by atoms with Gasteiger partial charge in [0.2, 0.25) is 0 Å². The number of esters is 1. The average Bonchev–Trinajstić information content (AvgIpc) is 3.03. The van der Waals surface area contributed by atoms with Gasteiger partial charge in [0.15, 0.2) is 5.69 Å². The van der Waals surface area contributed by atoms with Crippen LogP contribution in [0.1, 0.15) is 23.3 Å². The lowest BCUT2D eigenvalue weighted by molar-refractivity contribution is 0.0594. The summed E-state index contributed by atoms with van der Waals surface area (Å²) in [5.41, 5.74) is 2.83. The molecule has 5 nitrogen and oxygen atoms in total. The number of carbonyl (C=O) groups excluding carboxylic acids is 1. The van der Waals surface area contributed by atoms with Crippen LogP contribution in [0.3, 0.4) is 0 Å². The van der Waals surface area contributed by atoms with E-state index in [1.807, 2.05) is 12.1 Å². The molecule has 0 amide bonds. The SMILES string of the molecule is C=CCCCNc1cc2nc(-c3ccc(F)cc3)c(C(=O)OC)n2cc1Br. The highest BCUT2D eigenvalue weighted by atomic mass is 79.9. The first-order valence-corrected chi connectivity index (χ1v) is 9.25. The number of halogens is 2. The molecule has 0 unspecified atom stereocenters. The van der Waals surface area contributed by atoms with Gasteiger partial charge in [-0.2, -0.15) is 0 Å². The number of nitrogens with zero attached hydrogens (tertiary/aromatic N) is 2. The average molecular weight is 432 g/mol. The van der Waals surface area contributed by atoms with Crippen molar-refractivity contribution in [2.45, 2.75) is 12.8 Å². The van der Waals surface area contributed by atoms with E-state index in [0.717, 1.165) is 29.5 Å². The molecule has 0 saturated carbocycles. The number of nitrogens with one attached hydrogen (secondary N) is 1. The number of imidazole rings is 1. The first kappa shape index (κ1) is 19.1. The molecule has 0 bridgehead atoms. The maximum atomic E-state index is 13.3. The molecule has 2 aromatic heterocycles. The van der Waals surface area contributed by atoms with Crippen molar-refractivity contribution < 1.29 is 13.9 Å². The first-order valence-electron chi connectivity index (χ1n) is 8.45. The van der Waals surface area contributed by atoms with E-state index in [9.17, 15) is 9.18 Å². The van der Waals surface area contributed by atoms with Crippen LogP contribution in [-0.4, -0.2) is 29.0 Å². The molecule has 0 radical (unpaired) electrons. The zero-order valence-corrected chi connectivity index (χ0v) is 16.4. The Morgan fingerprint density at radius 3 is 2.81 bits per heavy atom. The first-order chi connectivity index (χ1) is 13.0. The minimum absolute atomic E-state index is 0.290. The van der Waals surface area contributed by atoms with Gasteiger partial charge in [0.05, 0.1) is 17.3 Å². The van der Waals surface area contributed by atoms with Crippen molar-refractivity contribution in [1.29, 1.82) is 0 Å². The number of benzene rings is 1. The van der Waals surface area contributed by atoms with Crippen LogP contribution in [0.5, 0.6) is 0 Å². The van der Waals surface area contributed by atoms with Crippen LogP contribution in [0.25, 0.3) is 16.9 Å². The van der Waals surface area contributed by atoms with Gasteiger partial charge < -0.3 is 10.1 Å². The number of hydrogen-bond acceptors (Lipinski definition) is 4. The summed E-state index contributed by atoms with van der Waals surface area (Å²) in [7, 11) is 1.32. The van der Waals surface area contributed by atoms with Crippen molar-refractivity contribution in [2.75, 3.05) is 19.0 Å². The Bertz CT molecular complexity index is 983. The van der Waals surface area contributed by atoms with E-state index in [2.05, 4.69) is 32.8 Å². The highest BCUT2D eigenvalue weighted by Crippen LogP contribution is 2.30. The number of fused-ring (bicyclic) bond motifs is 1. The lowest BCUT2D eigenvalue weighted by Gasteiger charge is -2.09. The van der Waals surface area contributed by atoms with E-state index in [1.54, 1.807) is 22.7 Å². The zero-order chi connectivity index (χ0) is 19.4. The smallest absolute Gasteiger partial charge is 0.357 e. The summed E-state index contributed by atoms with van der Waals surface area (Å²) in [5, 5.41) is 3.35. The van der Waals surface area contributed by atoms with Crippen LogP contribution in [0.2, 0.25) is 0 Å². The van der Waals surface area contributed by atoms with E-state index in [-0.39, 0.29) is 11.5 Å². The van der Waals surface area contributed by atoms with Crippen molar-refractivity contribution in [1.82, 2.24) is 9.38 Å². The Balaban J connectivity index is 2.08. The van der Waals surface area contributed by atoms with Gasteiger partial charge in [-0.3, -0.25) is 4.40 Å². The van der Waals surface area contributed by atoms with Crippen LogP contribution in [0.4, 0.5) is 10.1 Å². The van der Waals surface area contributed by atoms with Crippen LogP contribution in [-0.2, 0) is 4.74 Å². The number of anilines is 1. The standard InChI is InChI=1S/C20H19BrFN3O2/c1-3-4-5-10-23-16-11-17-24-18(13-6-8-14(22)9-7-13)19(20(26)27-2)25(17)12-15(16)21/h3,6-9,11-12,23H,1,4-5,10H2,2H3. The summed E-state index contributed by atoms with van der Waals surface area (Å²) < 4.78 is 20.7. The maximum absolute atomic E-state index is 13.3. The molecule has 0 aliphatic rings. The molecule has 0 aliphatic heterocycles. The lowest BCUT2D eigenvalue weighted by Crippen LogP contribution is -2.08. The summed E-state index contributed by atoms with van der Waals surface area (Å²) in [4.78, 5) is 17.0. The summed E-state index contributed by atoms with van der Waals surface area (Å²) in [5.74, 6) is -0.865. The van der Waals surface area contributed by atoms with Gasteiger partial charge in [0.1, 0.15) is 17.2 Å². The molecule has 0 fully saturated rings. The Morgan fingerprint density at radius 2 is 2.15 bits per heavy atom. The van der Waals surface area contributed by atoms with E-state index < -0.39 is 5.97 Å². The molecular weight excluding hydrogens is 413 g/mol. The van der Waals surface area contributed by atoms with Crippen molar-refractivity contribution in [2.24, 2.45) is 0 Å². The van der Waals surface area contributed by atoms with Gasteiger partial charge in [-0.15, -0.1) is 6.58 Å². The molecule has 0 saturated heterocycles. The minimum Gasteiger partial charge on any atom is -0.464 e. The molecular formula is C20H19BrFN3O2. The molecule has 0 aliphatic carbocycles. The second kappa shape index (κ2) is 8.35. The van der Waals surface area contributed by atoms with Gasteiger partial charge in [-0.1, -0.05) is 6.08 Å². The largest absolute Gasteiger partial charge is 0.464 e. The molecule has 2 heterocycles. The second-order valence-corrected chi connectivity index (χ2v) is 6.78. The number of methoxy groups -OCH3 is 1. The molecule has 1 N–H and O–H groups in total. The molecule has 3 rings (SSSR count). The summed E-state index contributed by atoms with van der Waals surface area (Å²) in [6.45, 7) is 4.51. The van der Waals surface area contributed by atoms with E-state index in [4.69, 9.17) is 4.74 Å². The molecule has 3 aromatic rings. The highest BCUT2D eigenvalue weighted by Gasteiger charge is 2.22. The van der Waals surface area contributed by atoms with Gasteiger partial charge in [0.25, 0.3) is 0 Å². The van der Waals surface area contributed by atoms with Crippen molar-refractivity contribution in [3.8, 4) is 11.3 Å². The van der Waals surface area contributed by atoms with Crippen LogP contribution >= 0.6 is 15.9 Å². The second-order valence-electron chi connectivity index (χ2n) is 5.93. The monoisotopic (exact) mass is 431 g/mol. The number of carbonyl (C=O) groups is 1. The molecule has 0 spiro atoms. The number of aromatic nitrogens is 2. The van der Waals surface area contributed by atoms with Crippen LogP contribution in [0, 0.1) is 5.82 Å². The predicted molar refractivity (Wildman–Crippen MR) is 108 cm³/mol. The maximum Gasteiger partial charge on any atom is 0.357 e. The molecule has 140 valence electrons. The van der Waals surface area contributed by atoms with Crippen molar-refractivity contribution >= 4 is 33.2 Å². The van der Waals surface area contributed by atoms with E-state index in [1.165, 1.54) is 19.2 Å². The minimum atomic E-state index is -0.514. The Labute approximate surface area is 165 Å². The number of hydrogen-bond donors (Lipinski definition) is 1. The molecule has 7 heteroatoms. The Morgan fingerprint density at radius 1 is 1.41 bits per heavy atom. The predicted octanol–water partition coefficient (Wildman–Crippen LogP) is 5.07. The van der Waals surface area contributed by atoms with E-state index in [0.29, 0.717) is 16.9 Å². The molecule has 0 atom stereocenters. The number of unbranched alkanes of at least 4 members (excludes halogenated alkanes) is 1. The van der Waals surface area contributed by atoms with E-state index >= 15 is 0 Å². The third kappa shape index (κ3) is 4.03. The summed E-state index contributed by atoms with van der Waals surface area (Å²) in [6, 6.07) is 7.71. The zero-order valence-electron chi connectivity index (χ0n) is 14.8. The fourth-order valence-corrected chi connectivity index (χ4v) is 3.23. The number of rotatable bonds is 7. The number of pyridine rings is 1. The van der Waals surface area contributed by atoms with Crippen molar-refractivity contribution in [3.63, 3.8) is 0 Å². The summed E-state index contributed by atoms with van der Waals surface area (Å²) in [6.07, 6.45) is 5.55. The third-order valence-corrected chi connectivity index (χ3v) is 4.74. The fourth-order valence-electron chi connectivity index (χ4n) is 2.77. The van der Waals surface area contributed by atoms with Crippen LogP contribution in [0.15, 0.2) is 53.7 Å². The quantitative estimate of drug-likeness (QED) is 0.322. The highest BCUT2D eigenvalue weighted by molar-refractivity contribution is 9.10. The van der Waals surface area contributed by atoms with Crippen molar-refractivity contribution in [3.05, 3.63) is 65.2 Å². The Hall–Kier alpha value is -2.67. The fraction of sp³-hybridized carbons (Fsp3) is 0.200. The summed E-state index contributed by atoms with van der Waals surface area (Å²) >= 11 is 3.53. The molecule has 1 aromatic carbocycles. The topological polar surface area (TPSA) is 55.6 Å². The molecule has 27 heavy (non-hydrogen) atoms. The Kier molecular flexibility index (Phi) is 5.91. The van der Waals surface area contributed by atoms with Gasteiger partial charge in [-0.25, -0.2) is 14.2 Å². The normalized spacial score (nSPS) is 10.8. The van der Waals surface area contributed by atoms with Gasteiger partial charge in [0, 0.05) is 24.4 Å². The van der Waals surface area contributed by atoms with Crippen LogP contribution < -0.4 is 5.32 Å². The lowest BCUT2D eigenvalue weighted by atomic mass is 10.1. The third-order valence-electron chi connectivity index (χ3n) is 4.11. The van der Waals surface area contributed by atoms with Gasteiger partial charge in [-0.05, 0) is 53.0 Å². The van der Waals surface area contributed by atoms with Gasteiger partial charge >= 0.3 is 5.97 Å². The number of allylic oxidation sites excluding steroid dienone is 1. The number of ether oxygens (including phenoxy) is 1.